The SMILES string of the molecule is CCOC(=O)[C@H]1CC[C@H](c2nc(C)cc(C)n2)CC1. The van der Waals surface area contributed by atoms with Crippen molar-refractivity contribution < 1.29 is 9.53 Å². The molecule has 104 valence electrons. The van der Waals surface area contributed by atoms with Crippen LogP contribution in [-0.2, 0) is 9.53 Å². The molecule has 2 rings (SSSR count). The highest BCUT2D eigenvalue weighted by molar-refractivity contribution is 5.72. The molecule has 1 aliphatic rings. The zero-order valence-electron chi connectivity index (χ0n) is 12.0. The van der Waals surface area contributed by atoms with Gasteiger partial charge in [0.15, 0.2) is 0 Å². The van der Waals surface area contributed by atoms with Crippen molar-refractivity contribution in [2.24, 2.45) is 5.92 Å². The van der Waals surface area contributed by atoms with Crippen molar-refractivity contribution >= 4 is 5.97 Å². The van der Waals surface area contributed by atoms with Gasteiger partial charge in [-0.15, -0.1) is 0 Å². The Balaban J connectivity index is 1.97. The molecule has 4 heteroatoms. The smallest absolute Gasteiger partial charge is 0.308 e. The fourth-order valence-corrected chi connectivity index (χ4v) is 2.78. The van der Waals surface area contributed by atoms with E-state index in [0.717, 1.165) is 42.9 Å². The molecule has 19 heavy (non-hydrogen) atoms. The number of aryl methyl sites for hydroxylation is 2. The summed E-state index contributed by atoms with van der Waals surface area (Å²) in [6.07, 6.45) is 3.73. The van der Waals surface area contributed by atoms with Crippen LogP contribution in [0.15, 0.2) is 6.07 Å². The van der Waals surface area contributed by atoms with E-state index < -0.39 is 0 Å². The molecule has 1 aromatic rings. The lowest BCUT2D eigenvalue weighted by atomic mass is 9.81. The summed E-state index contributed by atoms with van der Waals surface area (Å²) < 4.78 is 5.09. The number of hydrogen-bond donors (Lipinski definition) is 0. The van der Waals surface area contributed by atoms with Gasteiger partial charge in [-0.25, -0.2) is 9.97 Å². The summed E-state index contributed by atoms with van der Waals surface area (Å²) in [5.74, 6) is 1.37. The molecule has 0 aliphatic heterocycles. The summed E-state index contributed by atoms with van der Waals surface area (Å²) in [4.78, 5) is 20.8. The highest BCUT2D eigenvalue weighted by atomic mass is 16.5. The van der Waals surface area contributed by atoms with Crippen molar-refractivity contribution in [1.82, 2.24) is 9.97 Å². The van der Waals surface area contributed by atoms with Gasteiger partial charge in [0.1, 0.15) is 5.82 Å². The molecule has 0 aromatic carbocycles. The number of esters is 1. The van der Waals surface area contributed by atoms with Gasteiger partial charge in [-0.05, 0) is 52.5 Å². The largest absolute Gasteiger partial charge is 0.466 e. The van der Waals surface area contributed by atoms with Crippen LogP contribution in [0.5, 0.6) is 0 Å². The van der Waals surface area contributed by atoms with Crippen molar-refractivity contribution in [3.8, 4) is 0 Å². The molecule has 4 nitrogen and oxygen atoms in total. The van der Waals surface area contributed by atoms with E-state index in [-0.39, 0.29) is 11.9 Å². The van der Waals surface area contributed by atoms with Crippen molar-refractivity contribution in [2.45, 2.75) is 52.4 Å². The summed E-state index contributed by atoms with van der Waals surface area (Å²) in [5, 5.41) is 0. The van der Waals surface area contributed by atoms with E-state index >= 15 is 0 Å². The van der Waals surface area contributed by atoms with Crippen LogP contribution in [0.3, 0.4) is 0 Å². The lowest BCUT2D eigenvalue weighted by molar-refractivity contribution is -0.149. The van der Waals surface area contributed by atoms with E-state index in [1.54, 1.807) is 0 Å². The maximum atomic E-state index is 11.7. The Hall–Kier alpha value is -1.45. The Morgan fingerprint density at radius 3 is 2.32 bits per heavy atom. The van der Waals surface area contributed by atoms with Gasteiger partial charge in [-0.1, -0.05) is 0 Å². The number of aromatic nitrogens is 2. The zero-order valence-corrected chi connectivity index (χ0v) is 12.0. The van der Waals surface area contributed by atoms with Gasteiger partial charge in [0, 0.05) is 17.3 Å². The number of ether oxygens (including phenoxy) is 1. The quantitative estimate of drug-likeness (QED) is 0.786. The van der Waals surface area contributed by atoms with E-state index in [9.17, 15) is 4.79 Å². The zero-order chi connectivity index (χ0) is 13.8. The molecule has 0 amide bonds. The van der Waals surface area contributed by atoms with Crippen LogP contribution in [0.2, 0.25) is 0 Å². The molecule has 0 unspecified atom stereocenters. The van der Waals surface area contributed by atoms with Crippen LogP contribution in [0.4, 0.5) is 0 Å². The Kier molecular flexibility index (Phi) is 4.51. The third kappa shape index (κ3) is 3.52. The van der Waals surface area contributed by atoms with Crippen LogP contribution in [0.25, 0.3) is 0 Å². The van der Waals surface area contributed by atoms with Gasteiger partial charge in [0.25, 0.3) is 0 Å². The predicted octanol–water partition coefficient (Wildman–Crippen LogP) is 2.93. The molecule has 0 atom stereocenters. The third-order valence-electron chi connectivity index (χ3n) is 3.71. The first-order valence-corrected chi connectivity index (χ1v) is 7.09. The second-order valence-electron chi connectivity index (χ2n) is 5.31. The maximum Gasteiger partial charge on any atom is 0.308 e. The number of nitrogens with zero attached hydrogens (tertiary/aromatic N) is 2. The first kappa shape index (κ1) is 14.0. The minimum Gasteiger partial charge on any atom is -0.466 e. The summed E-state index contributed by atoms with van der Waals surface area (Å²) in [7, 11) is 0. The van der Waals surface area contributed by atoms with E-state index in [4.69, 9.17) is 4.74 Å². The van der Waals surface area contributed by atoms with E-state index in [1.165, 1.54) is 0 Å². The lowest BCUT2D eigenvalue weighted by Crippen LogP contribution is -2.24. The summed E-state index contributed by atoms with van der Waals surface area (Å²) >= 11 is 0. The second-order valence-corrected chi connectivity index (χ2v) is 5.31. The molecule has 1 aromatic heterocycles. The highest BCUT2D eigenvalue weighted by Gasteiger charge is 2.29. The normalized spacial score (nSPS) is 23.1. The molecule has 0 saturated heterocycles. The molecular weight excluding hydrogens is 240 g/mol. The minimum atomic E-state index is -0.0395. The molecule has 0 spiro atoms. The lowest BCUT2D eigenvalue weighted by Gasteiger charge is -2.26. The van der Waals surface area contributed by atoms with Crippen molar-refractivity contribution in [1.29, 1.82) is 0 Å². The number of carbonyl (C=O) groups is 1. The van der Waals surface area contributed by atoms with Crippen LogP contribution >= 0.6 is 0 Å². The maximum absolute atomic E-state index is 11.7. The van der Waals surface area contributed by atoms with Crippen LogP contribution < -0.4 is 0 Å². The molecule has 1 heterocycles. The Bertz CT molecular complexity index is 431. The average Bonchev–Trinajstić information content (AvgIpc) is 2.38. The first-order chi connectivity index (χ1) is 9.10. The number of rotatable bonds is 3. The number of carbonyl (C=O) groups excluding carboxylic acids is 1. The Morgan fingerprint density at radius 1 is 1.21 bits per heavy atom. The van der Waals surface area contributed by atoms with E-state index in [1.807, 2.05) is 26.8 Å². The van der Waals surface area contributed by atoms with Gasteiger partial charge in [0.05, 0.1) is 12.5 Å². The molecule has 1 aliphatic carbocycles. The van der Waals surface area contributed by atoms with Crippen molar-refractivity contribution in [2.75, 3.05) is 6.61 Å². The third-order valence-corrected chi connectivity index (χ3v) is 3.71. The van der Waals surface area contributed by atoms with Crippen LogP contribution in [-0.4, -0.2) is 22.5 Å². The molecule has 0 bridgehead atoms. The van der Waals surface area contributed by atoms with Gasteiger partial charge in [-0.2, -0.15) is 0 Å². The number of hydrogen-bond acceptors (Lipinski definition) is 4. The Labute approximate surface area is 114 Å². The average molecular weight is 262 g/mol. The highest BCUT2D eigenvalue weighted by Crippen LogP contribution is 2.34. The van der Waals surface area contributed by atoms with Crippen LogP contribution in [0, 0.1) is 19.8 Å². The minimum absolute atomic E-state index is 0.0395. The van der Waals surface area contributed by atoms with Gasteiger partial charge in [0.2, 0.25) is 0 Å². The van der Waals surface area contributed by atoms with Gasteiger partial charge in [-0.3, -0.25) is 4.79 Å². The summed E-state index contributed by atoms with van der Waals surface area (Å²) in [5.41, 5.74) is 2.05. The summed E-state index contributed by atoms with van der Waals surface area (Å²) in [6.45, 7) is 6.33. The molecule has 1 saturated carbocycles. The fourth-order valence-electron chi connectivity index (χ4n) is 2.78. The Morgan fingerprint density at radius 2 is 1.79 bits per heavy atom. The molecule has 1 fully saturated rings. The van der Waals surface area contributed by atoms with E-state index in [2.05, 4.69) is 9.97 Å². The fraction of sp³-hybridized carbons (Fsp3) is 0.667. The molecule has 0 radical (unpaired) electrons. The molecular formula is C15H22N2O2. The monoisotopic (exact) mass is 262 g/mol. The van der Waals surface area contributed by atoms with E-state index in [0.29, 0.717) is 12.5 Å². The predicted molar refractivity (Wildman–Crippen MR) is 72.8 cm³/mol. The van der Waals surface area contributed by atoms with Gasteiger partial charge < -0.3 is 4.74 Å². The first-order valence-electron chi connectivity index (χ1n) is 7.09. The molecule has 0 N–H and O–H groups in total. The standard InChI is InChI=1S/C15H22N2O2/c1-4-19-15(18)13-7-5-12(6-8-13)14-16-10(2)9-11(3)17-14/h9,12-13H,4-8H2,1-3H3/t12-,13-. The van der Waals surface area contributed by atoms with Crippen molar-refractivity contribution in [3.63, 3.8) is 0 Å². The van der Waals surface area contributed by atoms with Crippen molar-refractivity contribution in [3.05, 3.63) is 23.3 Å². The van der Waals surface area contributed by atoms with Crippen LogP contribution in [0.1, 0.15) is 55.7 Å². The topological polar surface area (TPSA) is 52.1 Å². The van der Waals surface area contributed by atoms with Gasteiger partial charge >= 0.3 is 5.97 Å². The summed E-state index contributed by atoms with van der Waals surface area (Å²) in [6, 6.07) is 1.99. The second kappa shape index (κ2) is 6.13.